The molecule has 0 aromatic carbocycles. The summed E-state index contributed by atoms with van der Waals surface area (Å²) in [5.41, 5.74) is 0.248. The molecule has 4 heteroatoms. The molecule has 3 nitrogen and oxygen atoms in total. The maximum absolute atomic E-state index is 11.1. The predicted octanol–water partition coefficient (Wildman–Crippen LogP) is 0.371. The second-order valence-corrected chi connectivity index (χ2v) is 1.61. The Kier molecular flexibility index (Phi) is 1.79. The molecule has 1 aliphatic heterocycles. The van der Waals surface area contributed by atoms with Crippen LogP contribution in [0.2, 0.25) is 0 Å². The van der Waals surface area contributed by atoms with E-state index in [9.17, 15) is 9.32 Å². The first-order valence-electron chi connectivity index (χ1n) is 2.44. The number of hydrogen-bond acceptors (Lipinski definition) is 3. The monoisotopic (exact) mass is 132 g/mol. The Morgan fingerprint density at radius 1 is 1.89 bits per heavy atom. The molecule has 0 fully saturated rings. The van der Waals surface area contributed by atoms with Crippen molar-refractivity contribution in [1.29, 1.82) is 0 Å². The van der Waals surface area contributed by atoms with Gasteiger partial charge in [0, 0.05) is 4.53 Å². The van der Waals surface area contributed by atoms with E-state index in [0.717, 1.165) is 0 Å². The zero-order valence-electron chi connectivity index (χ0n) is 4.59. The van der Waals surface area contributed by atoms with Crippen molar-refractivity contribution in [2.24, 2.45) is 0 Å². The predicted molar refractivity (Wildman–Crippen MR) is 26.1 cm³/mol. The van der Waals surface area contributed by atoms with Crippen molar-refractivity contribution in [2.75, 3.05) is 13.2 Å². The summed E-state index contributed by atoms with van der Waals surface area (Å²) >= 11 is 0. The quantitative estimate of drug-likeness (QED) is 0.517. The van der Waals surface area contributed by atoms with Crippen LogP contribution >= 0.6 is 0 Å². The van der Waals surface area contributed by atoms with E-state index in [1.54, 1.807) is 0 Å². The molecule has 1 heterocycles. The third kappa shape index (κ3) is 1.26. The molecular formula is C5H5FO3. The molecule has 0 atom stereocenters. The molecule has 0 saturated heterocycles. The van der Waals surface area contributed by atoms with Gasteiger partial charge in [0.2, 0.25) is 0 Å². The van der Waals surface area contributed by atoms with Gasteiger partial charge in [0.15, 0.2) is 0 Å². The fraction of sp³-hybridized carbons (Fsp3) is 0.400. The highest BCUT2D eigenvalue weighted by Gasteiger charge is 2.15. The molecule has 0 amide bonds. The Morgan fingerprint density at radius 3 is 3.11 bits per heavy atom. The van der Waals surface area contributed by atoms with Crippen molar-refractivity contribution in [3.63, 3.8) is 0 Å². The summed E-state index contributed by atoms with van der Waals surface area (Å²) in [6, 6.07) is 0. The van der Waals surface area contributed by atoms with Crippen molar-refractivity contribution in [3.8, 4) is 0 Å². The summed E-state index contributed by atoms with van der Waals surface area (Å²) in [5, 5.41) is 0. The Hall–Kier alpha value is -0.900. The van der Waals surface area contributed by atoms with E-state index in [1.165, 1.54) is 6.08 Å². The summed E-state index contributed by atoms with van der Waals surface area (Å²) in [6.45, 7) is 0.521. The van der Waals surface area contributed by atoms with Gasteiger partial charge < -0.3 is 4.74 Å². The number of carbonyl (C=O) groups is 1. The average Bonchev–Trinajstić information content (AvgIpc) is 2.37. The average molecular weight is 132 g/mol. The SMILES string of the molecule is O=C(OF)C1=CCOC1. The standard InChI is InChI=1S/C5H5FO3/c6-9-5(7)4-1-2-8-3-4/h1H,2-3H2. The van der Waals surface area contributed by atoms with Crippen molar-refractivity contribution in [1.82, 2.24) is 0 Å². The number of hydrogen-bond donors (Lipinski definition) is 0. The summed E-state index contributed by atoms with van der Waals surface area (Å²) in [6.07, 6.45) is 1.49. The lowest BCUT2D eigenvalue weighted by Crippen LogP contribution is -2.03. The molecule has 0 radical (unpaired) electrons. The van der Waals surface area contributed by atoms with Gasteiger partial charge >= 0.3 is 5.97 Å². The first-order valence-corrected chi connectivity index (χ1v) is 2.44. The van der Waals surface area contributed by atoms with Gasteiger partial charge in [0.1, 0.15) is 0 Å². The van der Waals surface area contributed by atoms with Crippen molar-refractivity contribution in [3.05, 3.63) is 11.6 Å². The molecule has 0 saturated carbocycles. The first-order chi connectivity index (χ1) is 4.34. The van der Waals surface area contributed by atoms with E-state index < -0.39 is 5.97 Å². The molecule has 50 valence electrons. The van der Waals surface area contributed by atoms with Gasteiger partial charge in [0.25, 0.3) is 0 Å². The van der Waals surface area contributed by atoms with E-state index in [-0.39, 0.29) is 12.2 Å². The zero-order valence-corrected chi connectivity index (χ0v) is 4.59. The van der Waals surface area contributed by atoms with Crippen molar-refractivity contribution < 1.29 is 19.0 Å². The van der Waals surface area contributed by atoms with Gasteiger partial charge in [-0.05, 0) is 6.08 Å². The molecule has 1 rings (SSSR count). The Labute approximate surface area is 51.0 Å². The van der Waals surface area contributed by atoms with Crippen LogP contribution in [0.15, 0.2) is 11.6 Å². The smallest absolute Gasteiger partial charge is 0.372 e. The maximum Gasteiger partial charge on any atom is 0.377 e. The molecule has 0 aromatic rings. The summed E-state index contributed by atoms with van der Waals surface area (Å²) < 4.78 is 15.8. The minimum absolute atomic E-state index is 0.156. The molecule has 0 aliphatic carbocycles. The van der Waals surface area contributed by atoms with Gasteiger partial charge in [-0.1, -0.05) is 0 Å². The van der Waals surface area contributed by atoms with Crippen LogP contribution in [0.25, 0.3) is 0 Å². The van der Waals surface area contributed by atoms with Gasteiger partial charge in [-0.2, -0.15) is 0 Å². The van der Waals surface area contributed by atoms with Gasteiger partial charge in [-0.25, -0.2) is 9.74 Å². The second kappa shape index (κ2) is 2.59. The van der Waals surface area contributed by atoms with Crippen LogP contribution in [0.1, 0.15) is 0 Å². The molecule has 0 N–H and O–H groups in total. The Bertz CT molecular complexity index is 152. The topological polar surface area (TPSA) is 35.5 Å². The molecule has 0 spiro atoms. The van der Waals surface area contributed by atoms with Crippen LogP contribution in [0, 0.1) is 0 Å². The minimum atomic E-state index is -0.951. The molecular weight excluding hydrogens is 127 g/mol. The van der Waals surface area contributed by atoms with Gasteiger partial charge in [0.05, 0.1) is 18.8 Å². The molecule has 0 bridgehead atoms. The van der Waals surface area contributed by atoms with Crippen LogP contribution < -0.4 is 0 Å². The van der Waals surface area contributed by atoms with Gasteiger partial charge in [-0.3, -0.25) is 0 Å². The van der Waals surface area contributed by atoms with Crippen LogP contribution in [-0.2, 0) is 14.5 Å². The van der Waals surface area contributed by atoms with E-state index in [0.29, 0.717) is 6.61 Å². The van der Waals surface area contributed by atoms with Crippen LogP contribution in [-0.4, -0.2) is 19.2 Å². The molecule has 1 aliphatic rings. The zero-order chi connectivity index (χ0) is 6.69. The number of ether oxygens (including phenoxy) is 1. The summed E-state index contributed by atoms with van der Waals surface area (Å²) in [5.74, 6) is -0.951. The third-order valence-electron chi connectivity index (χ3n) is 1.04. The lowest BCUT2D eigenvalue weighted by Gasteiger charge is -1.90. The molecule has 0 unspecified atom stereocenters. The van der Waals surface area contributed by atoms with E-state index in [4.69, 9.17) is 4.74 Å². The summed E-state index contributed by atoms with van der Waals surface area (Å²) in [4.78, 5) is 13.2. The van der Waals surface area contributed by atoms with Gasteiger partial charge in [-0.15, -0.1) is 0 Å². The lowest BCUT2D eigenvalue weighted by molar-refractivity contribution is -0.178. The third-order valence-corrected chi connectivity index (χ3v) is 1.04. The van der Waals surface area contributed by atoms with E-state index in [1.807, 2.05) is 0 Å². The molecule has 9 heavy (non-hydrogen) atoms. The highest BCUT2D eigenvalue weighted by molar-refractivity contribution is 5.88. The summed E-state index contributed by atoms with van der Waals surface area (Å²) in [7, 11) is 0. The fourth-order valence-electron chi connectivity index (χ4n) is 0.579. The van der Waals surface area contributed by atoms with E-state index >= 15 is 0 Å². The van der Waals surface area contributed by atoms with Crippen molar-refractivity contribution >= 4 is 5.97 Å². The first kappa shape index (κ1) is 6.22. The highest BCUT2D eigenvalue weighted by Crippen LogP contribution is 2.05. The highest BCUT2D eigenvalue weighted by atomic mass is 19.3. The Balaban J connectivity index is 2.51. The maximum atomic E-state index is 11.1. The second-order valence-electron chi connectivity index (χ2n) is 1.61. The van der Waals surface area contributed by atoms with Crippen LogP contribution in [0.5, 0.6) is 0 Å². The minimum Gasteiger partial charge on any atom is -0.372 e. The van der Waals surface area contributed by atoms with Crippen LogP contribution in [0.4, 0.5) is 4.53 Å². The fourth-order valence-corrected chi connectivity index (χ4v) is 0.579. The van der Waals surface area contributed by atoms with Crippen LogP contribution in [0.3, 0.4) is 0 Å². The normalized spacial score (nSPS) is 17.2. The van der Waals surface area contributed by atoms with E-state index in [2.05, 4.69) is 4.94 Å². The number of halogens is 1. The Morgan fingerprint density at radius 2 is 2.67 bits per heavy atom. The largest absolute Gasteiger partial charge is 0.377 e. The number of rotatable bonds is 1. The lowest BCUT2D eigenvalue weighted by atomic mass is 10.3. The number of carbonyl (C=O) groups excluding carboxylic acids is 1. The van der Waals surface area contributed by atoms with Crippen molar-refractivity contribution in [2.45, 2.75) is 0 Å². The molecule has 0 aromatic heterocycles.